The summed E-state index contributed by atoms with van der Waals surface area (Å²) in [5.41, 5.74) is 0. The molecule has 0 aromatic carbocycles. The zero-order valence-corrected chi connectivity index (χ0v) is 10.7. The van der Waals surface area contributed by atoms with Crippen LogP contribution in [-0.2, 0) is 26.5 Å². The van der Waals surface area contributed by atoms with Crippen LogP contribution in [0.3, 0.4) is 0 Å². The van der Waals surface area contributed by atoms with E-state index in [0.29, 0.717) is 6.10 Å². The molecular formula is C11H23OTi-. The molecule has 1 nitrogen and oxygen atoms in total. The summed E-state index contributed by atoms with van der Waals surface area (Å²) in [7, 11) is 0. The van der Waals surface area contributed by atoms with Crippen LogP contribution in [0.15, 0.2) is 0 Å². The van der Waals surface area contributed by atoms with Crippen LogP contribution in [0.5, 0.6) is 0 Å². The summed E-state index contributed by atoms with van der Waals surface area (Å²) in [4.78, 5) is 0. The average Bonchev–Trinajstić information content (AvgIpc) is 2.02. The largest absolute Gasteiger partial charge is 0.379 e. The van der Waals surface area contributed by atoms with Crippen molar-refractivity contribution >= 4 is 0 Å². The van der Waals surface area contributed by atoms with Gasteiger partial charge in [0, 0.05) is 28.3 Å². The first-order valence-corrected chi connectivity index (χ1v) is 5.18. The number of rotatable bonds is 8. The molecule has 0 heterocycles. The molecule has 0 saturated carbocycles. The number of hydrogen-bond donors (Lipinski definition) is 0. The smallest absolute Gasteiger partial charge is 0.0518 e. The maximum atomic E-state index is 5.44. The van der Waals surface area contributed by atoms with Crippen molar-refractivity contribution in [3.05, 3.63) is 6.92 Å². The van der Waals surface area contributed by atoms with Gasteiger partial charge in [0.1, 0.15) is 0 Å². The van der Waals surface area contributed by atoms with Gasteiger partial charge in [0.25, 0.3) is 0 Å². The molecule has 0 aromatic heterocycles. The quantitative estimate of drug-likeness (QED) is 0.344. The summed E-state index contributed by atoms with van der Waals surface area (Å²) >= 11 is 0. The van der Waals surface area contributed by atoms with Crippen molar-refractivity contribution in [3.8, 4) is 0 Å². The fraction of sp³-hybridized carbons (Fsp3) is 0.909. The van der Waals surface area contributed by atoms with E-state index in [0.717, 1.165) is 13.0 Å². The minimum absolute atomic E-state index is 0. The van der Waals surface area contributed by atoms with Crippen molar-refractivity contribution < 1.29 is 26.5 Å². The SMILES string of the molecule is [CH2-]CCCCCCCOC(C)C.[Ti]. The number of hydrogen-bond acceptors (Lipinski definition) is 1. The fourth-order valence-corrected chi connectivity index (χ4v) is 1.13. The third-order valence-electron chi connectivity index (χ3n) is 1.85. The van der Waals surface area contributed by atoms with Gasteiger partial charge in [-0.2, -0.15) is 6.42 Å². The standard InChI is InChI=1S/C11H23O.Ti/c1-4-5-6-7-8-9-10-12-11(2)3;/h11H,1,4-10H2,2-3H3;/q-1;. The first-order chi connectivity index (χ1) is 5.77. The van der Waals surface area contributed by atoms with Gasteiger partial charge in [-0.25, -0.2) is 0 Å². The summed E-state index contributed by atoms with van der Waals surface area (Å²) < 4.78 is 5.44. The molecule has 0 aliphatic rings. The molecule has 78 valence electrons. The van der Waals surface area contributed by atoms with E-state index in [1.54, 1.807) is 0 Å². The van der Waals surface area contributed by atoms with E-state index in [1.807, 2.05) is 0 Å². The zero-order valence-electron chi connectivity index (χ0n) is 9.14. The predicted octanol–water partition coefficient (Wildman–Crippen LogP) is 3.58. The molecular weight excluding hydrogens is 196 g/mol. The molecule has 0 aromatic rings. The molecule has 0 atom stereocenters. The van der Waals surface area contributed by atoms with E-state index in [4.69, 9.17) is 4.74 Å². The molecule has 0 amide bonds. The summed E-state index contributed by atoms with van der Waals surface area (Å²) in [5.74, 6) is 0. The molecule has 0 aliphatic carbocycles. The maximum Gasteiger partial charge on any atom is 0.0518 e. The molecule has 2 heteroatoms. The van der Waals surface area contributed by atoms with Crippen molar-refractivity contribution in [2.24, 2.45) is 0 Å². The van der Waals surface area contributed by atoms with Crippen LogP contribution in [0.2, 0.25) is 0 Å². The Hall–Kier alpha value is 0.674. The molecule has 0 fully saturated rings. The average molecular weight is 219 g/mol. The molecule has 0 aliphatic heterocycles. The first-order valence-electron chi connectivity index (χ1n) is 5.18. The molecule has 0 spiro atoms. The summed E-state index contributed by atoms with van der Waals surface area (Å²) in [6.07, 6.45) is 7.97. The van der Waals surface area contributed by atoms with Gasteiger partial charge in [0.2, 0.25) is 0 Å². The van der Waals surface area contributed by atoms with E-state index >= 15 is 0 Å². The van der Waals surface area contributed by atoms with Gasteiger partial charge < -0.3 is 11.7 Å². The van der Waals surface area contributed by atoms with Gasteiger partial charge in [0.05, 0.1) is 6.10 Å². The Morgan fingerprint density at radius 3 is 2.08 bits per heavy atom. The molecule has 0 unspecified atom stereocenters. The van der Waals surface area contributed by atoms with Crippen LogP contribution in [0.25, 0.3) is 0 Å². The van der Waals surface area contributed by atoms with Crippen LogP contribution in [0.4, 0.5) is 0 Å². The Morgan fingerprint density at radius 2 is 1.54 bits per heavy atom. The van der Waals surface area contributed by atoms with Crippen LogP contribution < -0.4 is 0 Å². The minimum atomic E-state index is 0. The normalized spacial score (nSPS) is 10.2. The molecule has 0 N–H and O–H groups in total. The van der Waals surface area contributed by atoms with Crippen LogP contribution >= 0.6 is 0 Å². The Labute approximate surface area is 98.5 Å². The monoisotopic (exact) mass is 219 g/mol. The first kappa shape index (κ1) is 16.1. The summed E-state index contributed by atoms with van der Waals surface area (Å²) in [6.45, 7) is 8.92. The van der Waals surface area contributed by atoms with E-state index < -0.39 is 0 Å². The third-order valence-corrected chi connectivity index (χ3v) is 1.85. The van der Waals surface area contributed by atoms with E-state index in [1.165, 1.54) is 32.1 Å². The van der Waals surface area contributed by atoms with Gasteiger partial charge >= 0.3 is 0 Å². The summed E-state index contributed by atoms with van der Waals surface area (Å²) in [6, 6.07) is 0. The Kier molecular flexibility index (Phi) is 15.7. The van der Waals surface area contributed by atoms with Gasteiger partial charge in [-0.05, 0) is 20.3 Å². The van der Waals surface area contributed by atoms with Crippen molar-refractivity contribution in [2.45, 2.75) is 58.5 Å². The second-order valence-corrected chi connectivity index (χ2v) is 3.54. The third kappa shape index (κ3) is 15.4. The van der Waals surface area contributed by atoms with E-state index in [-0.39, 0.29) is 21.7 Å². The van der Waals surface area contributed by atoms with Gasteiger partial charge in [0.15, 0.2) is 0 Å². The van der Waals surface area contributed by atoms with Crippen molar-refractivity contribution in [1.82, 2.24) is 0 Å². The Bertz CT molecular complexity index is 84.2. The topological polar surface area (TPSA) is 9.23 Å². The van der Waals surface area contributed by atoms with Crippen molar-refractivity contribution in [3.63, 3.8) is 0 Å². The molecule has 0 radical (unpaired) electrons. The minimum Gasteiger partial charge on any atom is -0.379 e. The van der Waals surface area contributed by atoms with Gasteiger partial charge in [-0.3, -0.25) is 0 Å². The van der Waals surface area contributed by atoms with Crippen molar-refractivity contribution in [2.75, 3.05) is 6.61 Å². The van der Waals surface area contributed by atoms with Crippen LogP contribution in [0, 0.1) is 6.92 Å². The van der Waals surface area contributed by atoms with E-state index in [2.05, 4.69) is 20.8 Å². The fourth-order valence-electron chi connectivity index (χ4n) is 1.13. The van der Waals surface area contributed by atoms with Crippen LogP contribution in [-0.4, -0.2) is 12.7 Å². The zero-order chi connectivity index (χ0) is 9.23. The second-order valence-electron chi connectivity index (χ2n) is 3.54. The van der Waals surface area contributed by atoms with Gasteiger partial charge in [-0.1, -0.05) is 25.7 Å². The Balaban J connectivity index is 0. The van der Waals surface area contributed by atoms with Crippen molar-refractivity contribution in [1.29, 1.82) is 0 Å². The molecule has 13 heavy (non-hydrogen) atoms. The molecule has 0 saturated heterocycles. The van der Waals surface area contributed by atoms with Crippen LogP contribution in [0.1, 0.15) is 52.4 Å². The molecule has 0 bridgehead atoms. The number of unbranched alkanes of at least 4 members (excludes halogenated alkanes) is 5. The predicted molar refractivity (Wildman–Crippen MR) is 54.1 cm³/mol. The Morgan fingerprint density at radius 1 is 1.00 bits per heavy atom. The van der Waals surface area contributed by atoms with E-state index in [9.17, 15) is 0 Å². The maximum absolute atomic E-state index is 5.44. The second kappa shape index (κ2) is 12.7. The summed E-state index contributed by atoms with van der Waals surface area (Å²) in [5, 5.41) is 0. The van der Waals surface area contributed by atoms with Gasteiger partial charge in [-0.15, -0.1) is 0 Å². The molecule has 0 rings (SSSR count). The number of ether oxygens (including phenoxy) is 1.